The fourth-order valence-electron chi connectivity index (χ4n) is 2.54. The first-order chi connectivity index (χ1) is 9.00. The summed E-state index contributed by atoms with van der Waals surface area (Å²) in [6.07, 6.45) is 4.97. The lowest BCUT2D eigenvalue weighted by molar-refractivity contribution is -0.131. The number of carbonyl (C=O) groups is 2. The Bertz CT molecular complexity index is 299. The van der Waals surface area contributed by atoms with Gasteiger partial charge in [0.25, 0.3) is 0 Å². The van der Waals surface area contributed by atoms with Gasteiger partial charge in [0.15, 0.2) is 0 Å². The number of nitrogens with zero attached hydrogens (tertiary/aromatic N) is 2. The van der Waals surface area contributed by atoms with Crippen LogP contribution in [0.4, 0.5) is 0 Å². The molecule has 5 heteroatoms. The van der Waals surface area contributed by atoms with E-state index in [2.05, 4.69) is 5.32 Å². The second kappa shape index (κ2) is 8.15. The third-order valence-electron chi connectivity index (χ3n) is 3.63. The Balaban J connectivity index is 2.27. The van der Waals surface area contributed by atoms with Gasteiger partial charge in [-0.2, -0.15) is 0 Å². The Morgan fingerprint density at radius 3 is 2.32 bits per heavy atom. The van der Waals surface area contributed by atoms with Gasteiger partial charge in [-0.25, -0.2) is 0 Å². The summed E-state index contributed by atoms with van der Waals surface area (Å²) in [5.41, 5.74) is 0. The molecule has 0 radical (unpaired) electrons. The van der Waals surface area contributed by atoms with E-state index in [4.69, 9.17) is 0 Å². The molecular formula is C14H27N3O2. The van der Waals surface area contributed by atoms with Crippen molar-refractivity contribution in [1.82, 2.24) is 15.1 Å². The van der Waals surface area contributed by atoms with Gasteiger partial charge in [-0.05, 0) is 26.9 Å². The van der Waals surface area contributed by atoms with E-state index in [0.29, 0.717) is 25.6 Å². The molecule has 0 unspecified atom stereocenters. The summed E-state index contributed by atoms with van der Waals surface area (Å²) in [5.74, 6) is 0.124. The Morgan fingerprint density at radius 2 is 1.79 bits per heavy atom. The van der Waals surface area contributed by atoms with Crippen molar-refractivity contribution >= 4 is 11.8 Å². The van der Waals surface area contributed by atoms with Crippen LogP contribution in [0, 0.1) is 0 Å². The average Bonchev–Trinajstić information content (AvgIpc) is 2.82. The topological polar surface area (TPSA) is 52.7 Å². The molecule has 0 aromatic rings. The number of nitrogens with one attached hydrogen (secondary N) is 1. The summed E-state index contributed by atoms with van der Waals surface area (Å²) >= 11 is 0. The zero-order chi connectivity index (χ0) is 14.3. The van der Waals surface area contributed by atoms with Crippen molar-refractivity contribution in [2.45, 2.75) is 45.1 Å². The number of likely N-dealkylation sites (N-methyl/N-ethyl adjacent to an activating group) is 1. The molecule has 0 aliphatic heterocycles. The molecule has 0 heterocycles. The Labute approximate surface area is 116 Å². The molecule has 0 spiro atoms. The number of hydrogen-bond donors (Lipinski definition) is 1. The van der Waals surface area contributed by atoms with Crippen molar-refractivity contribution in [3.8, 4) is 0 Å². The fourth-order valence-corrected chi connectivity index (χ4v) is 2.54. The van der Waals surface area contributed by atoms with Crippen molar-refractivity contribution in [3.05, 3.63) is 0 Å². The van der Waals surface area contributed by atoms with Gasteiger partial charge >= 0.3 is 0 Å². The summed E-state index contributed by atoms with van der Waals surface area (Å²) in [4.78, 5) is 27.2. The van der Waals surface area contributed by atoms with Crippen LogP contribution >= 0.6 is 0 Å². The van der Waals surface area contributed by atoms with Crippen molar-refractivity contribution in [2.75, 3.05) is 33.7 Å². The summed E-state index contributed by atoms with van der Waals surface area (Å²) in [6, 6.07) is 0.354. The van der Waals surface area contributed by atoms with Crippen LogP contribution in [0.2, 0.25) is 0 Å². The van der Waals surface area contributed by atoms with Crippen LogP contribution in [-0.4, -0.2) is 61.4 Å². The molecular weight excluding hydrogens is 242 g/mol. The highest BCUT2D eigenvalue weighted by Crippen LogP contribution is 2.23. The zero-order valence-electron chi connectivity index (χ0n) is 12.4. The highest BCUT2D eigenvalue weighted by molar-refractivity contribution is 5.78. The minimum absolute atomic E-state index is 0.0334. The summed E-state index contributed by atoms with van der Waals surface area (Å²) < 4.78 is 0. The molecule has 1 aliphatic carbocycles. The van der Waals surface area contributed by atoms with Crippen molar-refractivity contribution in [2.24, 2.45) is 0 Å². The number of amides is 2. The van der Waals surface area contributed by atoms with Crippen LogP contribution in [-0.2, 0) is 9.59 Å². The number of hydrogen-bond acceptors (Lipinski definition) is 3. The molecule has 1 saturated carbocycles. The Hall–Kier alpha value is -1.10. The molecule has 2 amide bonds. The lowest BCUT2D eigenvalue weighted by atomic mass is 10.2. The van der Waals surface area contributed by atoms with Crippen LogP contribution in [0.25, 0.3) is 0 Å². The smallest absolute Gasteiger partial charge is 0.221 e. The molecule has 5 nitrogen and oxygen atoms in total. The largest absolute Gasteiger partial charge is 0.355 e. The van der Waals surface area contributed by atoms with Gasteiger partial charge in [-0.3, -0.25) is 9.59 Å². The second-order valence-electron chi connectivity index (χ2n) is 5.55. The van der Waals surface area contributed by atoms with E-state index in [1.54, 1.807) is 6.92 Å². The normalized spacial score (nSPS) is 15.8. The third kappa shape index (κ3) is 6.05. The van der Waals surface area contributed by atoms with Crippen molar-refractivity contribution in [1.29, 1.82) is 0 Å². The van der Waals surface area contributed by atoms with Crippen molar-refractivity contribution in [3.63, 3.8) is 0 Å². The summed E-state index contributed by atoms with van der Waals surface area (Å²) in [6.45, 7) is 3.65. The van der Waals surface area contributed by atoms with Gasteiger partial charge in [0, 0.05) is 39.0 Å². The minimum Gasteiger partial charge on any atom is -0.355 e. The SMILES string of the molecule is CC(=O)N(CCC(=O)NCCN(C)C)C1CCCC1. The lowest BCUT2D eigenvalue weighted by Gasteiger charge is -2.27. The van der Waals surface area contributed by atoms with E-state index in [0.717, 1.165) is 19.4 Å². The molecule has 0 atom stereocenters. The second-order valence-corrected chi connectivity index (χ2v) is 5.55. The molecule has 1 N–H and O–H groups in total. The molecule has 0 aromatic carbocycles. The standard InChI is InChI=1S/C14H27N3O2/c1-12(18)17(13-6-4-5-7-13)10-8-14(19)15-9-11-16(2)3/h13H,4-11H2,1-3H3,(H,15,19). The molecule has 1 rings (SSSR count). The third-order valence-corrected chi connectivity index (χ3v) is 3.63. The van der Waals surface area contributed by atoms with Gasteiger partial charge in [0.05, 0.1) is 0 Å². The molecule has 0 bridgehead atoms. The first-order valence-electron chi connectivity index (χ1n) is 7.19. The predicted molar refractivity (Wildman–Crippen MR) is 75.8 cm³/mol. The van der Waals surface area contributed by atoms with Crippen LogP contribution < -0.4 is 5.32 Å². The first-order valence-corrected chi connectivity index (χ1v) is 7.19. The number of rotatable bonds is 7. The van der Waals surface area contributed by atoms with E-state index in [9.17, 15) is 9.59 Å². The van der Waals surface area contributed by atoms with Crippen LogP contribution in [0.5, 0.6) is 0 Å². The highest BCUT2D eigenvalue weighted by atomic mass is 16.2. The quantitative estimate of drug-likeness (QED) is 0.745. The molecule has 19 heavy (non-hydrogen) atoms. The van der Waals surface area contributed by atoms with E-state index >= 15 is 0 Å². The van der Waals surface area contributed by atoms with E-state index in [-0.39, 0.29) is 11.8 Å². The predicted octanol–water partition coefficient (Wildman–Crippen LogP) is 0.845. The molecule has 0 aromatic heterocycles. The monoisotopic (exact) mass is 269 g/mol. The zero-order valence-corrected chi connectivity index (χ0v) is 12.4. The lowest BCUT2D eigenvalue weighted by Crippen LogP contribution is -2.40. The van der Waals surface area contributed by atoms with E-state index < -0.39 is 0 Å². The summed E-state index contributed by atoms with van der Waals surface area (Å²) in [7, 11) is 3.95. The molecule has 0 saturated heterocycles. The Kier molecular flexibility index (Phi) is 6.84. The van der Waals surface area contributed by atoms with Crippen LogP contribution in [0.3, 0.4) is 0 Å². The van der Waals surface area contributed by atoms with Gasteiger partial charge in [-0.15, -0.1) is 0 Å². The molecule has 1 aliphatic rings. The van der Waals surface area contributed by atoms with Gasteiger partial charge in [0.2, 0.25) is 11.8 Å². The average molecular weight is 269 g/mol. The maximum absolute atomic E-state index is 11.7. The van der Waals surface area contributed by atoms with Crippen LogP contribution in [0.1, 0.15) is 39.0 Å². The number of carbonyl (C=O) groups excluding carboxylic acids is 2. The molecule has 1 fully saturated rings. The molecule has 110 valence electrons. The maximum atomic E-state index is 11.7. The minimum atomic E-state index is 0.0334. The first kappa shape index (κ1) is 16.0. The van der Waals surface area contributed by atoms with Gasteiger partial charge < -0.3 is 15.1 Å². The van der Waals surface area contributed by atoms with Gasteiger partial charge in [-0.1, -0.05) is 12.8 Å². The van der Waals surface area contributed by atoms with Gasteiger partial charge in [0.1, 0.15) is 0 Å². The van der Waals surface area contributed by atoms with Crippen LogP contribution in [0.15, 0.2) is 0 Å². The summed E-state index contributed by atoms with van der Waals surface area (Å²) in [5, 5.41) is 2.88. The Morgan fingerprint density at radius 1 is 1.16 bits per heavy atom. The van der Waals surface area contributed by atoms with E-state index in [1.165, 1.54) is 12.8 Å². The maximum Gasteiger partial charge on any atom is 0.221 e. The fraction of sp³-hybridized carbons (Fsp3) is 0.857. The van der Waals surface area contributed by atoms with E-state index in [1.807, 2.05) is 23.9 Å². The van der Waals surface area contributed by atoms with Crippen molar-refractivity contribution < 1.29 is 9.59 Å². The highest BCUT2D eigenvalue weighted by Gasteiger charge is 2.24.